The Morgan fingerprint density at radius 1 is 0.971 bits per heavy atom. The van der Waals surface area contributed by atoms with Crippen molar-refractivity contribution >= 4 is 33.8 Å². The van der Waals surface area contributed by atoms with Gasteiger partial charge in [-0.3, -0.25) is 9.59 Å². The van der Waals surface area contributed by atoms with Gasteiger partial charge in [-0.15, -0.1) is 0 Å². The van der Waals surface area contributed by atoms with E-state index in [1.54, 1.807) is 0 Å². The molecule has 0 saturated carbocycles. The Morgan fingerprint density at radius 3 is 2.50 bits per heavy atom. The predicted octanol–water partition coefficient (Wildman–Crippen LogP) is 4.23. The second-order valence-electron chi connectivity index (χ2n) is 8.76. The normalized spacial score (nSPS) is 18.8. The first-order valence-corrected chi connectivity index (χ1v) is 11.8. The average Bonchev–Trinajstić information content (AvgIpc) is 3.14. The van der Waals surface area contributed by atoms with Crippen LogP contribution in [0, 0.1) is 5.92 Å². The van der Waals surface area contributed by atoms with Gasteiger partial charge in [0, 0.05) is 25.1 Å². The molecule has 0 radical (unpaired) electrons. The van der Waals surface area contributed by atoms with Crippen LogP contribution in [0.1, 0.15) is 25.3 Å². The van der Waals surface area contributed by atoms with Gasteiger partial charge in [0.1, 0.15) is 11.4 Å². The number of hydrogen-bond donors (Lipinski definition) is 1. The lowest BCUT2D eigenvalue weighted by Gasteiger charge is -2.34. The summed E-state index contributed by atoms with van der Waals surface area (Å²) in [5.41, 5.74) is 2.09. The first kappa shape index (κ1) is 22.2. The topological polar surface area (TPSA) is 70.1 Å². The number of aliphatic hydroxyl groups excluding tert-OH is 1. The molecule has 6 nitrogen and oxygen atoms in total. The molecule has 2 aliphatic heterocycles. The van der Waals surface area contributed by atoms with Crippen molar-refractivity contribution in [3.05, 3.63) is 78.0 Å². The summed E-state index contributed by atoms with van der Waals surface area (Å²) in [5, 5.41) is 11.6. The highest BCUT2D eigenvalue weighted by molar-refractivity contribution is 6.46. The van der Waals surface area contributed by atoms with E-state index in [0.717, 1.165) is 29.4 Å². The van der Waals surface area contributed by atoms with E-state index in [2.05, 4.69) is 0 Å². The summed E-state index contributed by atoms with van der Waals surface area (Å²) in [7, 11) is 0. The quantitative estimate of drug-likeness (QED) is 0.562. The molecule has 1 fully saturated rings. The Balaban J connectivity index is 1.63. The number of piperidine rings is 1. The molecule has 0 bridgehead atoms. The van der Waals surface area contributed by atoms with Crippen molar-refractivity contribution in [2.45, 2.75) is 19.8 Å². The zero-order valence-electron chi connectivity index (χ0n) is 19.2. The third kappa shape index (κ3) is 3.84. The van der Waals surface area contributed by atoms with E-state index >= 15 is 0 Å². The number of imide groups is 1. The average molecular weight is 457 g/mol. The van der Waals surface area contributed by atoms with E-state index in [4.69, 9.17) is 4.74 Å². The number of likely N-dealkylation sites (tertiary alicyclic amines) is 1. The van der Waals surface area contributed by atoms with Gasteiger partial charge in [-0.05, 0) is 54.8 Å². The maximum atomic E-state index is 13.9. The summed E-state index contributed by atoms with van der Waals surface area (Å²) < 4.78 is 5.57. The van der Waals surface area contributed by atoms with Crippen molar-refractivity contribution < 1.29 is 19.4 Å². The second kappa shape index (κ2) is 9.31. The van der Waals surface area contributed by atoms with Crippen LogP contribution in [0.5, 0.6) is 5.75 Å². The number of anilines is 1. The van der Waals surface area contributed by atoms with Crippen molar-refractivity contribution in [1.82, 2.24) is 4.90 Å². The second-order valence-corrected chi connectivity index (χ2v) is 8.76. The van der Waals surface area contributed by atoms with Gasteiger partial charge in [-0.2, -0.15) is 0 Å². The van der Waals surface area contributed by atoms with E-state index in [1.165, 1.54) is 4.90 Å². The van der Waals surface area contributed by atoms with E-state index in [-0.39, 0.29) is 24.3 Å². The highest BCUT2D eigenvalue weighted by Gasteiger charge is 2.43. The smallest absolute Gasteiger partial charge is 0.282 e. The lowest BCUT2D eigenvalue weighted by molar-refractivity contribution is -0.120. The lowest BCUT2D eigenvalue weighted by atomic mass is 9.97. The van der Waals surface area contributed by atoms with Crippen LogP contribution in [-0.4, -0.2) is 48.1 Å². The molecule has 3 aromatic rings. The van der Waals surface area contributed by atoms with Crippen LogP contribution in [0.4, 0.5) is 5.69 Å². The number of hydrogen-bond acceptors (Lipinski definition) is 5. The van der Waals surface area contributed by atoms with Gasteiger partial charge >= 0.3 is 0 Å². The number of nitrogens with zero attached hydrogens (tertiary/aromatic N) is 2. The molecule has 0 spiro atoms. The number of rotatable bonds is 6. The molecule has 2 heterocycles. The van der Waals surface area contributed by atoms with Crippen LogP contribution in [0.25, 0.3) is 16.3 Å². The maximum Gasteiger partial charge on any atom is 0.282 e. The van der Waals surface area contributed by atoms with E-state index in [1.807, 2.05) is 78.6 Å². The van der Waals surface area contributed by atoms with Gasteiger partial charge in [-0.25, -0.2) is 4.90 Å². The molecule has 2 amide bonds. The number of benzene rings is 3. The molecule has 34 heavy (non-hydrogen) atoms. The number of carbonyl (C=O) groups excluding carboxylic acids is 2. The van der Waals surface area contributed by atoms with Crippen molar-refractivity contribution in [2.24, 2.45) is 5.92 Å². The van der Waals surface area contributed by atoms with Crippen LogP contribution < -0.4 is 9.64 Å². The molecule has 3 aromatic carbocycles. The fourth-order valence-electron chi connectivity index (χ4n) is 5.00. The molecule has 0 aliphatic carbocycles. The van der Waals surface area contributed by atoms with Crippen molar-refractivity contribution in [2.75, 3.05) is 31.2 Å². The summed E-state index contributed by atoms with van der Waals surface area (Å²) in [6, 6.07) is 20.8. The summed E-state index contributed by atoms with van der Waals surface area (Å²) in [6.07, 6.45) is 1.77. The van der Waals surface area contributed by atoms with E-state index in [0.29, 0.717) is 42.2 Å². The molecule has 1 unspecified atom stereocenters. The highest BCUT2D eigenvalue weighted by Crippen LogP contribution is 2.39. The standard InChI is InChI=1S/C28H28N2O4/c1-2-34-22-14-12-21(13-15-22)25-26(29-16-6-7-19(17-29)18-31)28(33)30(27(25)32)24-11-5-9-20-8-3-4-10-23(20)24/h3-5,8-15,19,31H,2,6-7,16-18H2,1H3. The Hall–Kier alpha value is -3.64. The fraction of sp³-hybridized carbons (Fsp3) is 0.286. The third-order valence-electron chi connectivity index (χ3n) is 6.61. The minimum atomic E-state index is -0.327. The van der Waals surface area contributed by atoms with Gasteiger partial charge in [0.2, 0.25) is 0 Å². The Bertz CT molecular complexity index is 1260. The van der Waals surface area contributed by atoms with Gasteiger partial charge < -0.3 is 14.7 Å². The molecule has 1 N–H and O–H groups in total. The fourth-order valence-corrected chi connectivity index (χ4v) is 5.00. The summed E-state index contributed by atoms with van der Waals surface area (Å²) in [5.74, 6) is 0.155. The van der Waals surface area contributed by atoms with Gasteiger partial charge in [-0.1, -0.05) is 48.5 Å². The van der Waals surface area contributed by atoms with Crippen LogP contribution in [0.2, 0.25) is 0 Å². The summed E-state index contributed by atoms with van der Waals surface area (Å²) in [6.45, 7) is 3.76. The molecular formula is C28H28N2O4. The molecule has 2 aliphatic rings. The van der Waals surface area contributed by atoms with Crippen molar-refractivity contribution in [3.63, 3.8) is 0 Å². The largest absolute Gasteiger partial charge is 0.494 e. The summed E-state index contributed by atoms with van der Waals surface area (Å²) in [4.78, 5) is 31.1. The summed E-state index contributed by atoms with van der Waals surface area (Å²) >= 11 is 0. The Labute approximate surface area is 199 Å². The lowest BCUT2D eigenvalue weighted by Crippen LogP contribution is -2.40. The Morgan fingerprint density at radius 2 is 1.74 bits per heavy atom. The third-order valence-corrected chi connectivity index (χ3v) is 6.61. The van der Waals surface area contributed by atoms with E-state index in [9.17, 15) is 14.7 Å². The predicted molar refractivity (Wildman–Crippen MR) is 132 cm³/mol. The van der Waals surface area contributed by atoms with Crippen LogP contribution >= 0.6 is 0 Å². The number of aliphatic hydroxyl groups is 1. The Kier molecular flexibility index (Phi) is 6.07. The number of ether oxygens (including phenoxy) is 1. The van der Waals surface area contributed by atoms with Crippen LogP contribution in [0.3, 0.4) is 0 Å². The molecule has 0 aromatic heterocycles. The monoisotopic (exact) mass is 456 g/mol. The number of carbonyl (C=O) groups is 2. The highest BCUT2D eigenvalue weighted by atomic mass is 16.5. The zero-order chi connectivity index (χ0) is 23.7. The maximum absolute atomic E-state index is 13.9. The SMILES string of the molecule is CCOc1ccc(C2=C(N3CCCC(CO)C3)C(=O)N(c3cccc4ccccc34)C2=O)cc1. The molecule has 1 atom stereocenters. The van der Waals surface area contributed by atoms with Crippen LogP contribution in [-0.2, 0) is 9.59 Å². The van der Waals surface area contributed by atoms with E-state index < -0.39 is 0 Å². The first-order chi connectivity index (χ1) is 16.6. The molecule has 6 heteroatoms. The molecule has 5 rings (SSSR count). The van der Waals surface area contributed by atoms with Crippen LogP contribution in [0.15, 0.2) is 72.4 Å². The number of amides is 2. The minimum Gasteiger partial charge on any atom is -0.494 e. The number of fused-ring (bicyclic) bond motifs is 1. The molecular weight excluding hydrogens is 428 g/mol. The molecule has 1 saturated heterocycles. The van der Waals surface area contributed by atoms with Gasteiger partial charge in [0.15, 0.2) is 0 Å². The van der Waals surface area contributed by atoms with Crippen molar-refractivity contribution in [3.8, 4) is 5.75 Å². The molecule has 174 valence electrons. The minimum absolute atomic E-state index is 0.0668. The zero-order valence-corrected chi connectivity index (χ0v) is 19.2. The van der Waals surface area contributed by atoms with Gasteiger partial charge in [0.05, 0.1) is 17.9 Å². The van der Waals surface area contributed by atoms with Gasteiger partial charge in [0.25, 0.3) is 11.8 Å². The van der Waals surface area contributed by atoms with Crippen molar-refractivity contribution in [1.29, 1.82) is 0 Å². The first-order valence-electron chi connectivity index (χ1n) is 11.8.